The number of carbonyl (C=O) groups excluding carboxylic acids is 3. The lowest BCUT2D eigenvalue weighted by Gasteiger charge is -2.19. The van der Waals surface area contributed by atoms with Gasteiger partial charge in [-0.15, -0.1) is 0 Å². The normalized spacial score (nSPS) is 10.8. The minimum absolute atomic E-state index is 0.129. The summed E-state index contributed by atoms with van der Waals surface area (Å²) in [6.45, 7) is 4.49. The fourth-order valence-corrected chi connectivity index (χ4v) is 2.11. The van der Waals surface area contributed by atoms with E-state index in [0.29, 0.717) is 5.69 Å². The maximum Gasteiger partial charge on any atom is 0.412 e. The molecule has 0 radical (unpaired) electrons. The third kappa shape index (κ3) is 7.21. The van der Waals surface area contributed by atoms with Crippen LogP contribution in [0.4, 0.5) is 25.0 Å². The largest absolute Gasteiger partial charge is 0.452 e. The number of halogens is 2. The molecule has 0 atom stereocenters. The quantitative estimate of drug-likeness (QED) is 0.729. The number of hydrogen-bond donors (Lipinski definition) is 2. The molecule has 0 heterocycles. The number of esters is 1. The molecule has 2 aromatic carbocycles. The predicted octanol–water partition coefficient (Wildman–Crippen LogP) is 4.11. The molecular formula is C20H20F2N2O5. The summed E-state index contributed by atoms with van der Waals surface area (Å²) < 4.78 is 36.5. The van der Waals surface area contributed by atoms with Gasteiger partial charge in [-0.05, 0) is 57.2 Å². The van der Waals surface area contributed by atoms with Crippen molar-refractivity contribution in [1.82, 2.24) is 0 Å². The van der Waals surface area contributed by atoms with Crippen LogP contribution < -0.4 is 10.6 Å². The van der Waals surface area contributed by atoms with Gasteiger partial charge in [-0.25, -0.2) is 18.4 Å². The standard InChI is InChI=1S/C20H20F2N2O5/c1-20(2,3)29-19(27)23-14-7-4-12(5-8-14)18(26)28-11-17(25)24-16-10-13(21)6-9-15(16)22/h4-10H,11H2,1-3H3,(H,23,27)(H,24,25). The average Bonchev–Trinajstić information content (AvgIpc) is 2.62. The third-order valence-electron chi connectivity index (χ3n) is 3.30. The number of amides is 2. The molecular weight excluding hydrogens is 386 g/mol. The number of carbonyl (C=O) groups is 3. The van der Waals surface area contributed by atoms with E-state index in [-0.39, 0.29) is 11.3 Å². The van der Waals surface area contributed by atoms with E-state index in [4.69, 9.17) is 9.47 Å². The third-order valence-corrected chi connectivity index (χ3v) is 3.30. The van der Waals surface area contributed by atoms with Gasteiger partial charge in [0.25, 0.3) is 5.91 Å². The molecule has 2 aromatic rings. The molecule has 0 aliphatic heterocycles. The van der Waals surface area contributed by atoms with Crippen LogP contribution in [0.1, 0.15) is 31.1 Å². The minimum atomic E-state index is -0.828. The maximum absolute atomic E-state index is 13.5. The van der Waals surface area contributed by atoms with Crippen molar-refractivity contribution in [2.75, 3.05) is 17.2 Å². The topological polar surface area (TPSA) is 93.7 Å². The van der Waals surface area contributed by atoms with Gasteiger partial charge in [-0.2, -0.15) is 0 Å². The van der Waals surface area contributed by atoms with Crippen molar-refractivity contribution in [3.05, 3.63) is 59.7 Å². The van der Waals surface area contributed by atoms with Crippen LogP contribution in [0.15, 0.2) is 42.5 Å². The summed E-state index contributed by atoms with van der Waals surface area (Å²) in [5, 5.41) is 4.62. The lowest BCUT2D eigenvalue weighted by atomic mass is 10.2. The summed E-state index contributed by atoms with van der Waals surface area (Å²) in [6, 6.07) is 8.28. The average molecular weight is 406 g/mol. The molecule has 0 unspecified atom stereocenters. The van der Waals surface area contributed by atoms with E-state index >= 15 is 0 Å². The molecule has 2 N–H and O–H groups in total. The Hall–Kier alpha value is -3.49. The van der Waals surface area contributed by atoms with Crippen molar-refractivity contribution in [1.29, 1.82) is 0 Å². The summed E-state index contributed by atoms with van der Waals surface area (Å²) in [5.41, 5.74) is -0.480. The lowest BCUT2D eigenvalue weighted by molar-refractivity contribution is -0.119. The number of ether oxygens (including phenoxy) is 2. The second-order valence-electron chi connectivity index (χ2n) is 6.95. The van der Waals surface area contributed by atoms with Crippen molar-refractivity contribution >= 4 is 29.3 Å². The van der Waals surface area contributed by atoms with Crippen LogP contribution in [0.2, 0.25) is 0 Å². The number of benzene rings is 2. The molecule has 0 fully saturated rings. The van der Waals surface area contributed by atoms with Crippen LogP contribution >= 0.6 is 0 Å². The highest BCUT2D eigenvalue weighted by Gasteiger charge is 2.17. The first-order chi connectivity index (χ1) is 13.5. The Labute approximate surface area is 166 Å². The monoisotopic (exact) mass is 406 g/mol. The second kappa shape index (κ2) is 9.13. The van der Waals surface area contributed by atoms with Crippen LogP contribution in [-0.4, -0.2) is 30.2 Å². The Kier molecular flexibility index (Phi) is 6.87. The van der Waals surface area contributed by atoms with Crippen LogP contribution in [0.5, 0.6) is 0 Å². The number of nitrogens with one attached hydrogen (secondary N) is 2. The van der Waals surface area contributed by atoms with E-state index in [1.54, 1.807) is 20.8 Å². The Bertz CT molecular complexity index is 908. The van der Waals surface area contributed by atoms with E-state index in [1.807, 2.05) is 0 Å². The first kappa shape index (κ1) is 21.8. The van der Waals surface area contributed by atoms with Crippen LogP contribution in [0.3, 0.4) is 0 Å². The van der Waals surface area contributed by atoms with Crippen molar-refractivity contribution in [3.63, 3.8) is 0 Å². The van der Waals surface area contributed by atoms with Gasteiger partial charge in [-0.1, -0.05) is 0 Å². The van der Waals surface area contributed by atoms with Gasteiger partial charge in [0.15, 0.2) is 6.61 Å². The molecule has 0 saturated carbocycles. The highest BCUT2D eigenvalue weighted by molar-refractivity contribution is 5.96. The van der Waals surface area contributed by atoms with Crippen molar-refractivity contribution in [2.24, 2.45) is 0 Å². The zero-order valence-corrected chi connectivity index (χ0v) is 16.0. The minimum Gasteiger partial charge on any atom is -0.452 e. The molecule has 0 aliphatic carbocycles. The molecule has 2 amide bonds. The van der Waals surface area contributed by atoms with E-state index < -0.39 is 41.8 Å². The number of anilines is 2. The Morgan fingerprint density at radius 2 is 1.62 bits per heavy atom. The summed E-state index contributed by atoms with van der Waals surface area (Å²) in [7, 11) is 0. The highest BCUT2D eigenvalue weighted by Crippen LogP contribution is 2.16. The van der Waals surface area contributed by atoms with E-state index in [0.717, 1.165) is 18.2 Å². The summed E-state index contributed by atoms with van der Waals surface area (Å²) in [5.74, 6) is -3.17. The molecule has 7 nitrogen and oxygen atoms in total. The first-order valence-electron chi connectivity index (χ1n) is 8.55. The Balaban J connectivity index is 1.86. The van der Waals surface area contributed by atoms with Crippen molar-refractivity contribution < 1.29 is 32.6 Å². The molecule has 0 aromatic heterocycles. The first-order valence-corrected chi connectivity index (χ1v) is 8.55. The van der Waals surface area contributed by atoms with Crippen LogP contribution in [-0.2, 0) is 14.3 Å². The molecule has 0 spiro atoms. The fourth-order valence-electron chi connectivity index (χ4n) is 2.11. The summed E-state index contributed by atoms with van der Waals surface area (Å²) >= 11 is 0. The fraction of sp³-hybridized carbons (Fsp3) is 0.250. The molecule has 2 rings (SSSR count). The Morgan fingerprint density at radius 3 is 2.24 bits per heavy atom. The van der Waals surface area contributed by atoms with Gasteiger partial charge in [0.1, 0.15) is 17.2 Å². The van der Waals surface area contributed by atoms with Crippen molar-refractivity contribution in [3.8, 4) is 0 Å². The van der Waals surface area contributed by atoms with E-state index in [1.165, 1.54) is 24.3 Å². The molecule has 154 valence electrons. The van der Waals surface area contributed by atoms with Crippen LogP contribution in [0.25, 0.3) is 0 Å². The van der Waals surface area contributed by atoms with Crippen molar-refractivity contribution in [2.45, 2.75) is 26.4 Å². The van der Waals surface area contributed by atoms with Gasteiger partial charge in [0.05, 0.1) is 11.3 Å². The van der Waals surface area contributed by atoms with E-state index in [2.05, 4.69) is 10.6 Å². The molecule has 0 bridgehead atoms. The molecule has 0 aliphatic rings. The van der Waals surface area contributed by atoms with Crippen LogP contribution in [0, 0.1) is 11.6 Å². The van der Waals surface area contributed by atoms with Gasteiger partial charge >= 0.3 is 12.1 Å². The van der Waals surface area contributed by atoms with Gasteiger partial charge in [-0.3, -0.25) is 10.1 Å². The molecule has 0 saturated heterocycles. The Morgan fingerprint density at radius 1 is 0.966 bits per heavy atom. The summed E-state index contributed by atoms with van der Waals surface area (Å²) in [4.78, 5) is 35.5. The molecule has 9 heteroatoms. The SMILES string of the molecule is CC(C)(C)OC(=O)Nc1ccc(C(=O)OCC(=O)Nc2cc(F)ccc2F)cc1. The maximum atomic E-state index is 13.5. The zero-order chi connectivity index (χ0) is 21.6. The smallest absolute Gasteiger partial charge is 0.412 e. The second-order valence-corrected chi connectivity index (χ2v) is 6.95. The summed E-state index contributed by atoms with van der Waals surface area (Å²) in [6.07, 6.45) is -0.644. The zero-order valence-electron chi connectivity index (χ0n) is 16.0. The highest BCUT2D eigenvalue weighted by atomic mass is 19.1. The number of hydrogen-bond acceptors (Lipinski definition) is 5. The van der Waals surface area contributed by atoms with Gasteiger partial charge in [0, 0.05) is 11.8 Å². The van der Waals surface area contributed by atoms with E-state index in [9.17, 15) is 23.2 Å². The number of rotatable bonds is 5. The molecule has 29 heavy (non-hydrogen) atoms. The predicted molar refractivity (Wildman–Crippen MR) is 102 cm³/mol. The lowest BCUT2D eigenvalue weighted by Crippen LogP contribution is -2.27. The van der Waals surface area contributed by atoms with Gasteiger partial charge in [0.2, 0.25) is 0 Å². The van der Waals surface area contributed by atoms with Gasteiger partial charge < -0.3 is 14.8 Å².